The molecule has 0 saturated heterocycles. The van der Waals surface area contributed by atoms with Crippen LogP contribution >= 0.6 is 0 Å². The van der Waals surface area contributed by atoms with Crippen molar-refractivity contribution < 1.29 is 32.5 Å². The minimum Gasteiger partial charge on any atom is -0.493 e. The first-order valence-electron chi connectivity index (χ1n) is 7.49. The number of esters is 1. The lowest BCUT2D eigenvalue weighted by Gasteiger charge is -2.14. The topological polar surface area (TPSA) is 54.0 Å². The summed E-state index contributed by atoms with van der Waals surface area (Å²) in [5, 5.41) is 0. The molecule has 2 rings (SSSR count). The zero-order valence-corrected chi connectivity index (χ0v) is 13.8. The first kappa shape index (κ1) is 18.5. The largest absolute Gasteiger partial charge is 0.493 e. The fourth-order valence-corrected chi connectivity index (χ4v) is 2.12. The average molecular weight is 352 g/mol. The Bertz CT molecular complexity index is 718. The summed E-state index contributed by atoms with van der Waals surface area (Å²) in [6, 6.07) is 11.6. The number of carbonyl (C=O) groups excluding carboxylic acids is 1. The molecule has 0 aromatic heterocycles. The highest BCUT2D eigenvalue weighted by atomic mass is 19.3. The summed E-state index contributed by atoms with van der Waals surface area (Å²) in [6.07, 6.45) is 0. The maximum Gasteiger partial charge on any atom is 0.387 e. The molecule has 7 heteroatoms. The predicted molar refractivity (Wildman–Crippen MR) is 86.6 cm³/mol. The van der Waals surface area contributed by atoms with Gasteiger partial charge >= 0.3 is 12.6 Å². The maximum atomic E-state index is 12.6. The lowest BCUT2D eigenvalue weighted by atomic mass is 10.2. The Kier molecular flexibility index (Phi) is 6.56. The Morgan fingerprint density at radius 2 is 1.88 bits per heavy atom. The molecule has 0 unspecified atom stereocenters. The molecular formula is C18H18F2O5. The monoisotopic (exact) mass is 352 g/mol. The summed E-state index contributed by atoms with van der Waals surface area (Å²) in [4.78, 5) is 12.1. The summed E-state index contributed by atoms with van der Waals surface area (Å²) in [6.45, 7) is -1.07. The number of rotatable bonds is 8. The molecule has 0 aliphatic rings. The van der Waals surface area contributed by atoms with Gasteiger partial charge in [-0.25, -0.2) is 4.79 Å². The fourth-order valence-electron chi connectivity index (χ4n) is 2.12. The summed E-state index contributed by atoms with van der Waals surface area (Å²) in [5.41, 5.74) is 0.898. The van der Waals surface area contributed by atoms with Crippen LogP contribution in [0.15, 0.2) is 42.5 Å². The molecule has 0 aliphatic carbocycles. The molecule has 2 aromatic rings. The molecule has 2 aromatic carbocycles. The number of ether oxygens (including phenoxy) is 4. The van der Waals surface area contributed by atoms with Gasteiger partial charge in [-0.15, -0.1) is 0 Å². The second-order valence-electron chi connectivity index (χ2n) is 5.02. The Labute approximate surface area is 144 Å². The van der Waals surface area contributed by atoms with Crippen LogP contribution in [0.5, 0.6) is 17.2 Å². The van der Waals surface area contributed by atoms with Crippen LogP contribution in [-0.2, 0) is 4.74 Å². The Hall–Kier alpha value is -2.83. The van der Waals surface area contributed by atoms with E-state index in [4.69, 9.17) is 14.2 Å². The Balaban J connectivity index is 1.96. The first-order valence-corrected chi connectivity index (χ1v) is 7.49. The summed E-state index contributed by atoms with van der Waals surface area (Å²) < 4.78 is 45.0. The highest BCUT2D eigenvalue weighted by molar-refractivity contribution is 5.93. The van der Waals surface area contributed by atoms with Crippen molar-refractivity contribution >= 4 is 5.97 Å². The van der Waals surface area contributed by atoms with Crippen molar-refractivity contribution in [2.75, 3.05) is 20.3 Å². The minimum atomic E-state index is -3.09. The van der Waals surface area contributed by atoms with E-state index < -0.39 is 12.6 Å². The molecule has 0 spiro atoms. The summed E-state index contributed by atoms with van der Waals surface area (Å²) >= 11 is 0. The number of halogens is 2. The molecule has 25 heavy (non-hydrogen) atoms. The van der Waals surface area contributed by atoms with Crippen LogP contribution < -0.4 is 14.2 Å². The number of methoxy groups -OCH3 is 1. The first-order chi connectivity index (χ1) is 12.0. The summed E-state index contributed by atoms with van der Waals surface area (Å²) in [5.74, 6) is -0.489. The molecule has 0 saturated carbocycles. The molecule has 0 heterocycles. The van der Waals surface area contributed by atoms with Crippen LogP contribution in [0.3, 0.4) is 0 Å². The fraction of sp³-hybridized carbons (Fsp3) is 0.278. The van der Waals surface area contributed by atoms with Crippen LogP contribution in [0.2, 0.25) is 0 Å². The van der Waals surface area contributed by atoms with Crippen molar-refractivity contribution in [3.63, 3.8) is 0 Å². The number of carbonyl (C=O) groups is 1. The Morgan fingerprint density at radius 1 is 1.12 bits per heavy atom. The molecule has 134 valence electrons. The van der Waals surface area contributed by atoms with Crippen LogP contribution in [0, 0.1) is 6.92 Å². The van der Waals surface area contributed by atoms with Crippen molar-refractivity contribution in [1.29, 1.82) is 0 Å². The molecule has 5 nitrogen and oxygen atoms in total. The zero-order chi connectivity index (χ0) is 18.2. The molecule has 0 N–H and O–H groups in total. The number of alkyl halides is 2. The van der Waals surface area contributed by atoms with Crippen molar-refractivity contribution in [3.8, 4) is 17.2 Å². The molecule has 0 fully saturated rings. The van der Waals surface area contributed by atoms with E-state index in [1.165, 1.54) is 25.3 Å². The van der Waals surface area contributed by atoms with Crippen LogP contribution in [0.1, 0.15) is 15.9 Å². The molecule has 0 aliphatic heterocycles. The molecule has 0 radical (unpaired) electrons. The van der Waals surface area contributed by atoms with E-state index in [-0.39, 0.29) is 30.3 Å². The van der Waals surface area contributed by atoms with Crippen LogP contribution in [0.25, 0.3) is 0 Å². The second kappa shape index (κ2) is 8.86. The molecule has 0 bridgehead atoms. The van der Waals surface area contributed by atoms with Gasteiger partial charge in [0, 0.05) is 0 Å². The summed E-state index contributed by atoms with van der Waals surface area (Å²) in [7, 11) is 1.29. The van der Waals surface area contributed by atoms with Gasteiger partial charge in [-0.1, -0.05) is 18.2 Å². The van der Waals surface area contributed by atoms with Gasteiger partial charge in [-0.05, 0) is 36.8 Å². The lowest BCUT2D eigenvalue weighted by Crippen LogP contribution is -2.15. The highest BCUT2D eigenvalue weighted by Gasteiger charge is 2.21. The van der Waals surface area contributed by atoms with E-state index in [9.17, 15) is 13.6 Å². The third kappa shape index (κ3) is 5.34. The number of aryl methyl sites for hydroxylation is 1. The number of para-hydroxylation sites is 1. The normalized spacial score (nSPS) is 10.4. The van der Waals surface area contributed by atoms with E-state index in [1.54, 1.807) is 6.07 Å². The predicted octanol–water partition coefficient (Wildman–Crippen LogP) is 3.84. The smallest absolute Gasteiger partial charge is 0.387 e. The number of hydrogen-bond acceptors (Lipinski definition) is 5. The molecule has 0 atom stereocenters. The van der Waals surface area contributed by atoms with Crippen LogP contribution in [0.4, 0.5) is 8.78 Å². The molecular weight excluding hydrogens is 334 g/mol. The number of benzene rings is 2. The third-order valence-corrected chi connectivity index (χ3v) is 3.20. The van der Waals surface area contributed by atoms with E-state index in [2.05, 4.69) is 4.74 Å². The Morgan fingerprint density at radius 3 is 2.56 bits per heavy atom. The van der Waals surface area contributed by atoms with Gasteiger partial charge in [-0.2, -0.15) is 8.78 Å². The van der Waals surface area contributed by atoms with Gasteiger partial charge in [0.05, 0.1) is 7.11 Å². The second-order valence-corrected chi connectivity index (χ2v) is 5.02. The third-order valence-electron chi connectivity index (χ3n) is 3.20. The van der Waals surface area contributed by atoms with Gasteiger partial charge < -0.3 is 18.9 Å². The number of hydrogen-bond donors (Lipinski definition) is 0. The van der Waals surface area contributed by atoms with Gasteiger partial charge in [0.2, 0.25) is 0 Å². The van der Waals surface area contributed by atoms with Crippen molar-refractivity contribution in [3.05, 3.63) is 53.6 Å². The quantitative estimate of drug-likeness (QED) is 0.534. The lowest BCUT2D eigenvalue weighted by molar-refractivity contribution is -0.0518. The van der Waals surface area contributed by atoms with Crippen molar-refractivity contribution in [2.45, 2.75) is 13.5 Å². The van der Waals surface area contributed by atoms with Gasteiger partial charge in [0.1, 0.15) is 24.5 Å². The highest BCUT2D eigenvalue weighted by Crippen LogP contribution is 2.32. The van der Waals surface area contributed by atoms with E-state index in [1.807, 2.05) is 25.1 Å². The minimum absolute atomic E-state index is 0.0192. The average Bonchev–Trinajstić information content (AvgIpc) is 2.58. The van der Waals surface area contributed by atoms with Gasteiger partial charge in [0.15, 0.2) is 11.5 Å². The van der Waals surface area contributed by atoms with Crippen molar-refractivity contribution in [2.24, 2.45) is 0 Å². The standard InChI is InChI=1S/C18H18F2O5/c1-12-5-3-6-13(11-12)23-9-10-24-17(21)14-7-4-8-15(22-2)16(14)25-18(19)20/h3-8,11,18H,9-10H2,1-2H3. The maximum absolute atomic E-state index is 12.6. The van der Waals surface area contributed by atoms with E-state index in [0.29, 0.717) is 5.75 Å². The van der Waals surface area contributed by atoms with E-state index >= 15 is 0 Å². The van der Waals surface area contributed by atoms with Crippen molar-refractivity contribution in [1.82, 2.24) is 0 Å². The van der Waals surface area contributed by atoms with Crippen LogP contribution in [-0.4, -0.2) is 32.9 Å². The van der Waals surface area contributed by atoms with Gasteiger partial charge in [0.25, 0.3) is 0 Å². The molecule has 0 amide bonds. The van der Waals surface area contributed by atoms with E-state index in [0.717, 1.165) is 5.56 Å². The SMILES string of the molecule is COc1cccc(C(=O)OCCOc2cccc(C)c2)c1OC(F)F. The zero-order valence-electron chi connectivity index (χ0n) is 13.8. The van der Waals surface area contributed by atoms with Gasteiger partial charge in [-0.3, -0.25) is 0 Å².